The molecule has 0 unspecified atom stereocenters. The minimum Gasteiger partial charge on any atom is -0.453 e. The van der Waals surface area contributed by atoms with Crippen LogP contribution in [-0.2, 0) is 0 Å². The average Bonchev–Trinajstić information content (AvgIpc) is 2.66. The second-order valence-electron chi connectivity index (χ2n) is 3.87. The van der Waals surface area contributed by atoms with Crippen LogP contribution in [0.5, 0.6) is 0 Å². The third kappa shape index (κ3) is 1.10. The summed E-state index contributed by atoms with van der Waals surface area (Å²) in [5.41, 5.74) is 1.69. The Hall–Kier alpha value is -2.09. The molecular formula is C14H10O2. The molecule has 0 N–H and O–H groups in total. The van der Waals surface area contributed by atoms with Crippen molar-refractivity contribution in [2.24, 2.45) is 0 Å². The molecule has 0 saturated heterocycles. The van der Waals surface area contributed by atoms with Crippen molar-refractivity contribution in [3.63, 3.8) is 0 Å². The Morgan fingerprint density at radius 2 is 1.94 bits per heavy atom. The highest BCUT2D eigenvalue weighted by Crippen LogP contribution is 2.31. The summed E-state index contributed by atoms with van der Waals surface area (Å²) in [6.45, 7) is 1.92. The number of hydrogen-bond acceptors (Lipinski definition) is 2. The van der Waals surface area contributed by atoms with Gasteiger partial charge in [-0.15, -0.1) is 0 Å². The SMILES string of the molecule is Cc1c(C=O)oc2ccc3ccccc3c12. The highest BCUT2D eigenvalue weighted by Gasteiger charge is 2.11. The summed E-state index contributed by atoms with van der Waals surface area (Å²) in [5, 5.41) is 3.34. The third-order valence-corrected chi connectivity index (χ3v) is 2.96. The van der Waals surface area contributed by atoms with Crippen LogP contribution in [0.2, 0.25) is 0 Å². The molecule has 0 amide bonds. The van der Waals surface area contributed by atoms with Crippen LogP contribution in [-0.4, -0.2) is 6.29 Å². The van der Waals surface area contributed by atoms with Crippen molar-refractivity contribution < 1.29 is 9.21 Å². The first kappa shape index (κ1) is 9.16. The lowest BCUT2D eigenvalue weighted by atomic mass is 10.0. The molecule has 1 aromatic heterocycles. The average molecular weight is 210 g/mol. The molecule has 16 heavy (non-hydrogen) atoms. The van der Waals surface area contributed by atoms with E-state index in [1.54, 1.807) is 0 Å². The van der Waals surface area contributed by atoms with Gasteiger partial charge in [-0.25, -0.2) is 0 Å². The number of rotatable bonds is 1. The zero-order chi connectivity index (χ0) is 11.1. The Kier molecular flexibility index (Phi) is 1.83. The first-order chi connectivity index (χ1) is 7.81. The van der Waals surface area contributed by atoms with Gasteiger partial charge in [0.1, 0.15) is 5.58 Å². The van der Waals surface area contributed by atoms with Crippen LogP contribution in [0.15, 0.2) is 40.8 Å². The molecule has 2 heteroatoms. The van der Waals surface area contributed by atoms with Gasteiger partial charge in [0.15, 0.2) is 12.0 Å². The lowest BCUT2D eigenvalue weighted by Gasteiger charge is -1.98. The van der Waals surface area contributed by atoms with Crippen molar-refractivity contribution in [2.45, 2.75) is 6.92 Å². The molecule has 0 atom stereocenters. The highest BCUT2D eigenvalue weighted by atomic mass is 16.3. The largest absolute Gasteiger partial charge is 0.453 e. The lowest BCUT2D eigenvalue weighted by molar-refractivity contribution is 0.110. The summed E-state index contributed by atoms with van der Waals surface area (Å²) in [4.78, 5) is 10.8. The summed E-state index contributed by atoms with van der Waals surface area (Å²) in [6.07, 6.45) is 0.768. The fraction of sp³-hybridized carbons (Fsp3) is 0.0714. The fourth-order valence-electron chi connectivity index (χ4n) is 2.15. The second kappa shape index (κ2) is 3.20. The van der Waals surface area contributed by atoms with Crippen LogP contribution in [0, 0.1) is 6.92 Å². The van der Waals surface area contributed by atoms with E-state index < -0.39 is 0 Å². The number of carbonyl (C=O) groups is 1. The fourth-order valence-corrected chi connectivity index (χ4v) is 2.15. The number of fused-ring (bicyclic) bond motifs is 3. The second-order valence-corrected chi connectivity index (χ2v) is 3.87. The van der Waals surface area contributed by atoms with E-state index in [0.717, 1.165) is 33.6 Å². The van der Waals surface area contributed by atoms with E-state index in [0.29, 0.717) is 5.76 Å². The van der Waals surface area contributed by atoms with Crippen molar-refractivity contribution in [1.29, 1.82) is 0 Å². The highest BCUT2D eigenvalue weighted by molar-refractivity contribution is 6.09. The van der Waals surface area contributed by atoms with E-state index in [9.17, 15) is 4.79 Å². The number of aryl methyl sites for hydroxylation is 1. The molecule has 0 spiro atoms. The van der Waals surface area contributed by atoms with E-state index in [1.807, 2.05) is 31.2 Å². The van der Waals surface area contributed by atoms with Gasteiger partial charge in [-0.1, -0.05) is 30.3 Å². The molecule has 0 aliphatic carbocycles. The van der Waals surface area contributed by atoms with Gasteiger partial charge < -0.3 is 4.42 Å². The Bertz CT molecular complexity index is 692. The van der Waals surface area contributed by atoms with Crippen LogP contribution >= 0.6 is 0 Å². The molecular weight excluding hydrogens is 200 g/mol. The maximum Gasteiger partial charge on any atom is 0.185 e. The number of aldehydes is 1. The minimum absolute atomic E-state index is 0.423. The zero-order valence-electron chi connectivity index (χ0n) is 8.86. The zero-order valence-corrected chi connectivity index (χ0v) is 8.86. The molecule has 78 valence electrons. The van der Waals surface area contributed by atoms with E-state index >= 15 is 0 Å². The van der Waals surface area contributed by atoms with Crippen molar-refractivity contribution >= 4 is 28.0 Å². The van der Waals surface area contributed by atoms with Crippen LogP contribution in [0.1, 0.15) is 16.1 Å². The van der Waals surface area contributed by atoms with Gasteiger partial charge in [0.2, 0.25) is 0 Å². The molecule has 1 heterocycles. The van der Waals surface area contributed by atoms with Gasteiger partial charge >= 0.3 is 0 Å². The smallest absolute Gasteiger partial charge is 0.185 e. The van der Waals surface area contributed by atoms with Gasteiger partial charge in [0.25, 0.3) is 0 Å². The first-order valence-corrected chi connectivity index (χ1v) is 5.17. The monoisotopic (exact) mass is 210 g/mol. The van der Waals surface area contributed by atoms with Crippen molar-refractivity contribution in [3.8, 4) is 0 Å². The Balaban J connectivity index is 2.59. The summed E-state index contributed by atoms with van der Waals surface area (Å²) >= 11 is 0. The molecule has 0 fully saturated rings. The van der Waals surface area contributed by atoms with Crippen LogP contribution in [0.3, 0.4) is 0 Å². The standard InChI is InChI=1S/C14H10O2/c1-9-13(8-15)16-12-7-6-10-4-2-3-5-11(10)14(9)12/h2-8H,1H3. The Labute approximate surface area is 92.5 Å². The summed E-state index contributed by atoms with van der Waals surface area (Å²) < 4.78 is 5.49. The molecule has 0 aliphatic heterocycles. The molecule has 0 saturated carbocycles. The lowest BCUT2D eigenvalue weighted by Crippen LogP contribution is -1.78. The summed E-state index contributed by atoms with van der Waals surface area (Å²) in [7, 11) is 0. The quantitative estimate of drug-likeness (QED) is 0.573. The van der Waals surface area contributed by atoms with Gasteiger partial charge in [0, 0.05) is 10.9 Å². The van der Waals surface area contributed by atoms with Gasteiger partial charge in [-0.05, 0) is 23.8 Å². The summed E-state index contributed by atoms with van der Waals surface area (Å²) in [6, 6.07) is 12.0. The van der Waals surface area contributed by atoms with Crippen molar-refractivity contribution in [3.05, 3.63) is 47.7 Å². The van der Waals surface area contributed by atoms with E-state index in [2.05, 4.69) is 12.1 Å². The number of hydrogen-bond donors (Lipinski definition) is 0. The Morgan fingerprint density at radius 3 is 2.75 bits per heavy atom. The van der Waals surface area contributed by atoms with Crippen molar-refractivity contribution in [1.82, 2.24) is 0 Å². The maximum atomic E-state index is 10.8. The molecule has 3 aromatic rings. The Morgan fingerprint density at radius 1 is 1.12 bits per heavy atom. The van der Waals surface area contributed by atoms with E-state index in [4.69, 9.17) is 4.42 Å². The molecule has 0 aliphatic rings. The van der Waals surface area contributed by atoms with E-state index in [-0.39, 0.29) is 0 Å². The number of carbonyl (C=O) groups excluding carboxylic acids is 1. The number of furan rings is 1. The first-order valence-electron chi connectivity index (χ1n) is 5.17. The topological polar surface area (TPSA) is 30.2 Å². The van der Waals surface area contributed by atoms with Crippen LogP contribution in [0.25, 0.3) is 21.7 Å². The van der Waals surface area contributed by atoms with Crippen LogP contribution < -0.4 is 0 Å². The van der Waals surface area contributed by atoms with Crippen LogP contribution in [0.4, 0.5) is 0 Å². The molecule has 2 aromatic carbocycles. The molecule has 2 nitrogen and oxygen atoms in total. The molecule has 0 radical (unpaired) electrons. The predicted octanol–water partition coefficient (Wildman–Crippen LogP) is 3.71. The van der Waals surface area contributed by atoms with Crippen molar-refractivity contribution in [2.75, 3.05) is 0 Å². The summed E-state index contributed by atoms with van der Waals surface area (Å²) in [5.74, 6) is 0.423. The van der Waals surface area contributed by atoms with Gasteiger partial charge in [-0.3, -0.25) is 4.79 Å². The van der Waals surface area contributed by atoms with E-state index in [1.165, 1.54) is 0 Å². The van der Waals surface area contributed by atoms with Gasteiger partial charge in [0.05, 0.1) is 0 Å². The maximum absolute atomic E-state index is 10.8. The van der Waals surface area contributed by atoms with Gasteiger partial charge in [-0.2, -0.15) is 0 Å². The number of benzene rings is 2. The normalized spacial score (nSPS) is 11.1. The third-order valence-electron chi connectivity index (χ3n) is 2.96. The minimum atomic E-state index is 0.423. The molecule has 3 rings (SSSR count). The molecule has 0 bridgehead atoms. The predicted molar refractivity (Wildman–Crippen MR) is 63.8 cm³/mol.